The Morgan fingerprint density at radius 1 is 0.539 bits per heavy atom. The molecule has 0 radical (unpaired) electrons. The van der Waals surface area contributed by atoms with Crippen LogP contribution in [0, 0.1) is 0 Å². The molecule has 0 aromatic heterocycles. The predicted octanol–water partition coefficient (Wildman–Crippen LogP) is 11.1. The van der Waals surface area contributed by atoms with Gasteiger partial charge in [-0.25, -0.2) is 0 Å². The third-order valence-corrected chi connectivity index (χ3v) is 12.4. The minimum Gasteiger partial charge on any atom is -0.457 e. The smallest absolute Gasteiger partial charge is 0.306 e. The lowest BCUT2D eigenvalue weighted by Gasteiger charge is -2.46. The molecule has 0 unspecified atom stereocenters. The number of rotatable bonds is 32. The molecular weight excluding hydrogens is 969 g/mol. The number of carbonyl (C=O) groups is 2. The van der Waals surface area contributed by atoms with E-state index in [4.69, 9.17) is 42.6 Å². The number of esters is 1. The zero-order valence-electron chi connectivity index (χ0n) is 42.5. The second-order valence-electron chi connectivity index (χ2n) is 18.1. The number of carbonyl (C=O) groups excluding carboxylic acids is 2. The van der Waals surface area contributed by atoms with Gasteiger partial charge in [-0.2, -0.15) is 0 Å². The zero-order valence-corrected chi connectivity index (χ0v) is 42.5. The summed E-state index contributed by atoms with van der Waals surface area (Å²) in [5.41, 5.74) is 25.7. The molecule has 7 rings (SSSR count). The van der Waals surface area contributed by atoms with Crippen LogP contribution in [0.25, 0.3) is 20.9 Å². The van der Waals surface area contributed by atoms with Crippen LogP contribution in [0.1, 0.15) is 53.1 Å². The number of ether oxygens (including phenoxy) is 9. The maximum atomic E-state index is 13.7. The summed E-state index contributed by atoms with van der Waals surface area (Å²) in [6.07, 6.45) is -8.64. The van der Waals surface area contributed by atoms with Gasteiger partial charge in [0.1, 0.15) is 36.2 Å². The van der Waals surface area contributed by atoms with E-state index in [0.717, 1.165) is 33.4 Å². The molecule has 396 valence electrons. The topological polar surface area (TPSA) is 215 Å². The van der Waals surface area contributed by atoms with Gasteiger partial charge in [-0.15, -0.1) is 0 Å². The van der Waals surface area contributed by atoms with Gasteiger partial charge in [-0.1, -0.05) is 192 Å². The molecule has 0 saturated carbocycles. The molecule has 9 atom stereocenters. The molecule has 1 fully saturated rings. The average molecular weight is 1030 g/mol. The number of hydrogen-bond acceptors (Lipinski definition) is 13. The van der Waals surface area contributed by atoms with Crippen molar-refractivity contribution < 1.29 is 52.2 Å². The quantitative estimate of drug-likeness (QED) is 0.0168. The first-order valence-electron chi connectivity index (χ1n) is 25.3. The van der Waals surface area contributed by atoms with Gasteiger partial charge in [0.25, 0.3) is 0 Å². The summed E-state index contributed by atoms with van der Waals surface area (Å²) >= 11 is 0. The van der Waals surface area contributed by atoms with Crippen LogP contribution in [0.2, 0.25) is 0 Å². The highest BCUT2D eigenvalue weighted by molar-refractivity contribution is 5.81. The van der Waals surface area contributed by atoms with Gasteiger partial charge in [0, 0.05) is 16.2 Å². The van der Waals surface area contributed by atoms with E-state index in [1.165, 1.54) is 6.92 Å². The van der Waals surface area contributed by atoms with Crippen molar-refractivity contribution >= 4 is 11.8 Å². The van der Waals surface area contributed by atoms with Crippen LogP contribution in [-0.4, -0.2) is 86.6 Å². The number of benzene rings is 6. The number of Topliss-reactive ketones (excluding diaryl/α,β-unsaturated/α-hetero) is 1. The maximum Gasteiger partial charge on any atom is 0.306 e. The first-order chi connectivity index (χ1) is 37.4. The number of ketones is 1. The Morgan fingerprint density at radius 3 is 1.46 bits per heavy atom. The fraction of sp³-hybridized carbons (Fsp3) is 0.356. The van der Waals surface area contributed by atoms with Gasteiger partial charge in [-0.3, -0.25) is 4.79 Å². The summed E-state index contributed by atoms with van der Waals surface area (Å²) in [6.45, 7) is 1.66. The Balaban J connectivity index is 1.31. The summed E-state index contributed by atoms with van der Waals surface area (Å²) in [6, 6.07) is 54.8. The van der Waals surface area contributed by atoms with Crippen molar-refractivity contribution in [3.63, 3.8) is 0 Å². The van der Waals surface area contributed by atoms with Crippen LogP contribution in [0.15, 0.2) is 192 Å². The first kappa shape index (κ1) is 56.5. The van der Waals surface area contributed by atoms with Crippen LogP contribution >= 0.6 is 0 Å². The van der Waals surface area contributed by atoms with Crippen LogP contribution < -0.4 is 0 Å². The molecule has 0 spiro atoms. The van der Waals surface area contributed by atoms with E-state index in [1.54, 1.807) is 0 Å². The predicted molar refractivity (Wildman–Crippen MR) is 283 cm³/mol. The SMILES string of the molecule is CC(=O)CCC(=O)O[C@H]1[C@H](OCc2ccccc2)[C@@H](N=[N+]=[N-])[C@H](O[C@H](COCc2ccccc2)[C@@H](OCc2ccccc2)[C@H](OCc2ccccc2)[C@@H](COCc2ccccc2)N=[N+]=[N-])O[C@@H]1COCc1ccccc1. The lowest BCUT2D eigenvalue weighted by Crippen LogP contribution is -2.62. The molecule has 1 aliphatic heterocycles. The van der Waals surface area contributed by atoms with Crippen molar-refractivity contribution in [3.8, 4) is 0 Å². The maximum absolute atomic E-state index is 13.7. The van der Waals surface area contributed by atoms with E-state index >= 15 is 0 Å². The molecule has 0 bridgehead atoms. The number of nitrogens with zero attached hydrogens (tertiary/aromatic N) is 6. The third-order valence-electron chi connectivity index (χ3n) is 12.4. The molecular formula is C59H64N6O11. The van der Waals surface area contributed by atoms with E-state index in [9.17, 15) is 20.7 Å². The second-order valence-corrected chi connectivity index (χ2v) is 18.1. The van der Waals surface area contributed by atoms with E-state index in [1.807, 2.05) is 182 Å². The summed E-state index contributed by atoms with van der Waals surface area (Å²) in [5.74, 6) is -0.888. The molecule has 0 N–H and O–H groups in total. The molecule has 6 aromatic rings. The second kappa shape index (κ2) is 31.6. The molecule has 76 heavy (non-hydrogen) atoms. The Labute approximate surface area is 443 Å². The van der Waals surface area contributed by atoms with Gasteiger partial charge in [0.15, 0.2) is 12.4 Å². The molecule has 1 heterocycles. The average Bonchev–Trinajstić information content (AvgIpc) is 3.45. The van der Waals surface area contributed by atoms with Gasteiger partial charge in [-0.05, 0) is 51.4 Å². The summed E-state index contributed by atoms with van der Waals surface area (Å²) < 4.78 is 59.9. The Kier molecular flexibility index (Phi) is 23.5. The summed E-state index contributed by atoms with van der Waals surface area (Å²) in [4.78, 5) is 32.3. The van der Waals surface area contributed by atoms with Gasteiger partial charge in [0.05, 0.1) is 78.0 Å². The van der Waals surface area contributed by atoms with Crippen molar-refractivity contribution in [2.75, 3.05) is 19.8 Å². The van der Waals surface area contributed by atoms with Gasteiger partial charge in [0.2, 0.25) is 0 Å². The van der Waals surface area contributed by atoms with Crippen molar-refractivity contribution in [2.24, 2.45) is 10.2 Å². The molecule has 0 amide bonds. The standard InChI is InChI=1S/C59H64N6O11/c1-43(66)32-33-53(67)76-57-52(42-70-36-46-24-12-4-13-25-46)75-59(54(63-65-61)58(57)73-39-49-30-18-7-19-31-49)74-51(41-69-35-45-22-10-3-11-23-45)56(72-38-48-28-16-6-17-29-48)55(71-37-47-26-14-5-15-27-47)50(62-64-60)40-68-34-44-20-8-2-9-21-44/h2-31,50-52,54-59H,32-42H2,1H3/t50-,51-,52-,54-,55-,56-,57-,58-,59-/m1/s1. The molecule has 1 saturated heterocycles. The van der Waals surface area contributed by atoms with E-state index in [0.29, 0.717) is 0 Å². The van der Waals surface area contributed by atoms with Crippen LogP contribution in [0.5, 0.6) is 0 Å². The van der Waals surface area contributed by atoms with Crippen molar-refractivity contribution in [3.05, 3.63) is 236 Å². The Hall–Kier alpha value is -7.24. The highest BCUT2D eigenvalue weighted by atomic mass is 16.7. The molecule has 0 aliphatic carbocycles. The third kappa shape index (κ3) is 18.5. The van der Waals surface area contributed by atoms with E-state index in [2.05, 4.69) is 20.1 Å². The first-order valence-corrected chi connectivity index (χ1v) is 25.3. The number of azide groups is 2. The van der Waals surface area contributed by atoms with Crippen LogP contribution in [-0.2, 0) is 91.9 Å². The Bertz CT molecular complexity index is 2710. The monoisotopic (exact) mass is 1030 g/mol. The fourth-order valence-electron chi connectivity index (χ4n) is 8.53. The normalized spacial score (nSPS) is 18.7. The van der Waals surface area contributed by atoms with Gasteiger partial charge >= 0.3 is 5.97 Å². The highest BCUT2D eigenvalue weighted by Gasteiger charge is 2.51. The summed E-state index contributed by atoms with van der Waals surface area (Å²) in [7, 11) is 0. The van der Waals surface area contributed by atoms with Crippen LogP contribution in [0.4, 0.5) is 0 Å². The highest BCUT2D eigenvalue weighted by Crippen LogP contribution is 2.34. The largest absolute Gasteiger partial charge is 0.457 e. The number of hydrogen-bond donors (Lipinski definition) is 0. The lowest BCUT2D eigenvalue weighted by molar-refractivity contribution is -0.306. The van der Waals surface area contributed by atoms with Crippen molar-refractivity contribution in [1.82, 2.24) is 0 Å². The minimum atomic E-state index is -1.45. The minimum absolute atomic E-state index is 0.00736. The van der Waals surface area contributed by atoms with Gasteiger partial charge < -0.3 is 47.4 Å². The lowest BCUT2D eigenvalue weighted by atomic mass is 9.96. The van der Waals surface area contributed by atoms with E-state index in [-0.39, 0.29) is 78.1 Å². The van der Waals surface area contributed by atoms with Crippen molar-refractivity contribution in [1.29, 1.82) is 0 Å². The van der Waals surface area contributed by atoms with Crippen LogP contribution in [0.3, 0.4) is 0 Å². The fourth-order valence-corrected chi connectivity index (χ4v) is 8.53. The summed E-state index contributed by atoms with van der Waals surface area (Å²) in [5, 5.41) is 8.56. The molecule has 17 nitrogen and oxygen atoms in total. The molecule has 1 aliphatic rings. The zero-order chi connectivity index (χ0) is 53.0. The van der Waals surface area contributed by atoms with Crippen molar-refractivity contribution in [2.45, 2.75) is 114 Å². The molecule has 6 aromatic carbocycles. The molecule has 17 heteroatoms. The Morgan fingerprint density at radius 2 is 0.987 bits per heavy atom. The van der Waals surface area contributed by atoms with E-state index < -0.39 is 61.0 Å².